The molecule has 1 N–H and O–H groups in total. The Bertz CT molecular complexity index is 485. The third kappa shape index (κ3) is 2.04. The molecular formula is C10H9N5O. The van der Waals surface area contributed by atoms with Gasteiger partial charge in [0.1, 0.15) is 12.7 Å². The van der Waals surface area contributed by atoms with E-state index in [2.05, 4.69) is 15.1 Å². The molecule has 2 aromatic rings. The Morgan fingerprint density at radius 1 is 1.50 bits per heavy atom. The van der Waals surface area contributed by atoms with E-state index in [1.165, 1.54) is 23.5 Å². The number of hydrogen-bond donors (Lipinski definition) is 1. The number of pyridine rings is 1. The van der Waals surface area contributed by atoms with Crippen LogP contribution in [-0.2, 0) is 0 Å². The fourth-order valence-electron chi connectivity index (χ4n) is 1.26. The van der Waals surface area contributed by atoms with Crippen LogP contribution >= 0.6 is 0 Å². The fraction of sp³-hybridized carbons (Fsp3) is 0.200. The molecular weight excluding hydrogens is 206 g/mol. The number of aliphatic hydroxyl groups excluding tert-OH is 1. The Hall–Kier alpha value is -2.26. The van der Waals surface area contributed by atoms with Gasteiger partial charge in [-0.1, -0.05) is 6.07 Å². The number of rotatable bonds is 3. The van der Waals surface area contributed by atoms with Crippen LogP contribution < -0.4 is 0 Å². The molecule has 80 valence electrons. The molecule has 2 aromatic heterocycles. The minimum atomic E-state index is -0.790. The highest BCUT2D eigenvalue weighted by Gasteiger charge is 2.07. The van der Waals surface area contributed by atoms with Crippen LogP contribution in [-0.4, -0.2) is 24.9 Å². The quantitative estimate of drug-likeness (QED) is 0.810. The number of aliphatic hydroxyl groups is 1. The Kier molecular flexibility index (Phi) is 2.89. The molecule has 0 aliphatic heterocycles. The van der Waals surface area contributed by atoms with E-state index in [-0.39, 0.29) is 6.42 Å². The van der Waals surface area contributed by atoms with E-state index in [9.17, 15) is 5.11 Å². The smallest absolute Gasteiger partial charge is 0.155 e. The Labute approximate surface area is 91.8 Å². The predicted octanol–water partition coefficient (Wildman–Crippen LogP) is 0.609. The Morgan fingerprint density at radius 3 is 2.94 bits per heavy atom. The van der Waals surface area contributed by atoms with E-state index >= 15 is 0 Å². The molecule has 0 bridgehead atoms. The lowest BCUT2D eigenvalue weighted by Gasteiger charge is -2.06. The van der Waals surface area contributed by atoms with Crippen LogP contribution in [0.25, 0.3) is 5.82 Å². The highest BCUT2D eigenvalue weighted by Crippen LogP contribution is 2.15. The van der Waals surface area contributed by atoms with Gasteiger partial charge in [0, 0.05) is 11.8 Å². The van der Waals surface area contributed by atoms with Gasteiger partial charge in [-0.3, -0.25) is 0 Å². The van der Waals surface area contributed by atoms with Gasteiger partial charge in [-0.2, -0.15) is 10.4 Å². The van der Waals surface area contributed by atoms with Gasteiger partial charge < -0.3 is 5.11 Å². The largest absolute Gasteiger partial charge is 0.387 e. The summed E-state index contributed by atoms with van der Waals surface area (Å²) < 4.78 is 1.51. The number of aromatic nitrogens is 4. The molecule has 0 fully saturated rings. The minimum absolute atomic E-state index is 0.0599. The Morgan fingerprint density at radius 2 is 2.38 bits per heavy atom. The average Bonchev–Trinajstić information content (AvgIpc) is 2.83. The van der Waals surface area contributed by atoms with Crippen LogP contribution in [0.1, 0.15) is 18.1 Å². The first kappa shape index (κ1) is 10.3. The van der Waals surface area contributed by atoms with Gasteiger partial charge in [0.2, 0.25) is 0 Å². The summed E-state index contributed by atoms with van der Waals surface area (Å²) in [6, 6.07) is 5.33. The van der Waals surface area contributed by atoms with E-state index < -0.39 is 6.10 Å². The maximum Gasteiger partial charge on any atom is 0.155 e. The molecule has 6 heteroatoms. The molecule has 6 nitrogen and oxygen atoms in total. The Balaban J connectivity index is 2.20. The molecule has 0 amide bonds. The standard InChI is InChI=1S/C10H9N5O/c11-4-3-9(16)8-1-2-10(13-5-8)15-7-12-6-14-15/h1-2,5-7,9,16H,3H2. The SMILES string of the molecule is N#CCC(O)c1ccc(-n2cncn2)nc1. The van der Waals surface area contributed by atoms with Crippen LogP contribution in [0.3, 0.4) is 0 Å². The first-order valence-electron chi connectivity index (χ1n) is 4.67. The van der Waals surface area contributed by atoms with Gasteiger partial charge in [-0.25, -0.2) is 14.6 Å². The van der Waals surface area contributed by atoms with Gasteiger partial charge in [-0.15, -0.1) is 0 Å². The molecule has 2 heterocycles. The predicted molar refractivity (Wildman–Crippen MR) is 54.3 cm³/mol. The third-order valence-corrected chi connectivity index (χ3v) is 2.09. The fourth-order valence-corrected chi connectivity index (χ4v) is 1.26. The normalized spacial score (nSPS) is 12.0. The molecule has 0 saturated heterocycles. The zero-order chi connectivity index (χ0) is 11.4. The number of nitriles is 1. The van der Waals surface area contributed by atoms with E-state index in [1.54, 1.807) is 12.1 Å². The van der Waals surface area contributed by atoms with Crippen LogP contribution in [0.2, 0.25) is 0 Å². The maximum absolute atomic E-state index is 9.54. The first-order valence-corrected chi connectivity index (χ1v) is 4.67. The van der Waals surface area contributed by atoms with Gasteiger partial charge in [0.15, 0.2) is 5.82 Å². The van der Waals surface area contributed by atoms with Crippen LogP contribution in [0.15, 0.2) is 31.0 Å². The third-order valence-electron chi connectivity index (χ3n) is 2.09. The van der Waals surface area contributed by atoms with Gasteiger partial charge >= 0.3 is 0 Å². The number of hydrogen-bond acceptors (Lipinski definition) is 5. The lowest BCUT2D eigenvalue weighted by Crippen LogP contribution is -2.01. The van der Waals surface area contributed by atoms with Gasteiger partial charge in [0.05, 0.1) is 18.6 Å². The summed E-state index contributed by atoms with van der Waals surface area (Å²) >= 11 is 0. The molecule has 0 aliphatic carbocycles. The van der Waals surface area contributed by atoms with Crippen LogP contribution in [0.5, 0.6) is 0 Å². The first-order chi connectivity index (χ1) is 7.81. The summed E-state index contributed by atoms with van der Waals surface area (Å²) in [6.07, 6.45) is 3.75. The van der Waals surface area contributed by atoms with Crippen molar-refractivity contribution in [2.45, 2.75) is 12.5 Å². The molecule has 0 aromatic carbocycles. The summed E-state index contributed by atoms with van der Waals surface area (Å²) in [7, 11) is 0. The van der Waals surface area contributed by atoms with Gasteiger partial charge in [-0.05, 0) is 6.07 Å². The topological polar surface area (TPSA) is 87.6 Å². The van der Waals surface area contributed by atoms with E-state index in [0.717, 1.165) is 0 Å². The second-order valence-electron chi connectivity index (χ2n) is 3.17. The van der Waals surface area contributed by atoms with Crippen LogP contribution in [0, 0.1) is 11.3 Å². The molecule has 1 unspecified atom stereocenters. The lowest BCUT2D eigenvalue weighted by molar-refractivity contribution is 0.183. The zero-order valence-electron chi connectivity index (χ0n) is 8.35. The maximum atomic E-state index is 9.54. The molecule has 0 radical (unpaired) electrons. The van der Waals surface area contributed by atoms with E-state index in [1.807, 2.05) is 6.07 Å². The van der Waals surface area contributed by atoms with Crippen molar-refractivity contribution in [2.75, 3.05) is 0 Å². The second-order valence-corrected chi connectivity index (χ2v) is 3.17. The monoisotopic (exact) mass is 215 g/mol. The number of nitrogens with zero attached hydrogens (tertiary/aromatic N) is 5. The van der Waals surface area contributed by atoms with Crippen molar-refractivity contribution in [3.05, 3.63) is 36.5 Å². The summed E-state index contributed by atoms with van der Waals surface area (Å²) in [5.41, 5.74) is 0.616. The van der Waals surface area contributed by atoms with Crippen molar-refractivity contribution < 1.29 is 5.11 Å². The van der Waals surface area contributed by atoms with Crippen molar-refractivity contribution in [3.8, 4) is 11.9 Å². The van der Waals surface area contributed by atoms with Gasteiger partial charge in [0.25, 0.3) is 0 Å². The molecule has 1 atom stereocenters. The minimum Gasteiger partial charge on any atom is -0.387 e. The zero-order valence-corrected chi connectivity index (χ0v) is 8.35. The van der Waals surface area contributed by atoms with Crippen molar-refractivity contribution in [2.24, 2.45) is 0 Å². The van der Waals surface area contributed by atoms with Crippen molar-refractivity contribution >= 4 is 0 Å². The van der Waals surface area contributed by atoms with Crippen molar-refractivity contribution in [1.82, 2.24) is 19.7 Å². The highest BCUT2D eigenvalue weighted by atomic mass is 16.3. The summed E-state index contributed by atoms with van der Waals surface area (Å²) in [4.78, 5) is 7.92. The lowest BCUT2D eigenvalue weighted by atomic mass is 10.1. The molecule has 2 rings (SSSR count). The van der Waals surface area contributed by atoms with Crippen LogP contribution in [0.4, 0.5) is 0 Å². The highest BCUT2D eigenvalue weighted by molar-refractivity contribution is 5.25. The molecule has 0 aliphatic rings. The summed E-state index contributed by atoms with van der Waals surface area (Å²) in [6.45, 7) is 0. The van der Waals surface area contributed by atoms with Crippen molar-refractivity contribution in [3.63, 3.8) is 0 Å². The second kappa shape index (κ2) is 4.51. The van der Waals surface area contributed by atoms with E-state index in [0.29, 0.717) is 11.4 Å². The molecule has 0 spiro atoms. The van der Waals surface area contributed by atoms with E-state index in [4.69, 9.17) is 5.26 Å². The average molecular weight is 215 g/mol. The summed E-state index contributed by atoms with van der Waals surface area (Å²) in [5, 5.41) is 21.9. The van der Waals surface area contributed by atoms with Crippen molar-refractivity contribution in [1.29, 1.82) is 5.26 Å². The summed E-state index contributed by atoms with van der Waals surface area (Å²) in [5.74, 6) is 0.616. The molecule has 0 saturated carbocycles. The molecule has 16 heavy (non-hydrogen) atoms.